The monoisotopic (exact) mass is 415 g/mol. The van der Waals surface area contributed by atoms with E-state index in [0.29, 0.717) is 6.54 Å². The van der Waals surface area contributed by atoms with Crippen LogP contribution in [0.5, 0.6) is 0 Å². The van der Waals surface area contributed by atoms with Gasteiger partial charge in [-0.3, -0.25) is 4.79 Å². The van der Waals surface area contributed by atoms with E-state index in [0.717, 1.165) is 25.4 Å². The Bertz CT molecular complexity index is 643. The summed E-state index contributed by atoms with van der Waals surface area (Å²) in [5.41, 5.74) is 2.94. The first-order valence-corrected chi connectivity index (χ1v) is 7.93. The Labute approximate surface area is 142 Å². The number of nitrogens with one attached hydrogen (secondary N) is 1. The third-order valence-corrected chi connectivity index (χ3v) is 4.39. The van der Waals surface area contributed by atoms with E-state index in [1.807, 2.05) is 42.5 Å². The molecule has 0 spiro atoms. The van der Waals surface area contributed by atoms with Crippen molar-refractivity contribution in [1.29, 1.82) is 0 Å². The lowest BCUT2D eigenvalue weighted by Crippen LogP contribution is -2.07. The normalized spacial score (nSPS) is 12.0. The molecule has 1 atom stereocenters. The van der Waals surface area contributed by atoms with Crippen LogP contribution < -0.4 is 5.32 Å². The van der Waals surface area contributed by atoms with Gasteiger partial charge < -0.3 is 10.4 Å². The Kier molecular flexibility index (Phi) is 5.47. The van der Waals surface area contributed by atoms with Crippen LogP contribution in [0, 0.1) is 3.57 Å². The highest BCUT2D eigenvalue weighted by atomic mass is 127. The van der Waals surface area contributed by atoms with Crippen LogP contribution in [0.1, 0.15) is 24.0 Å². The maximum Gasteiger partial charge on any atom is 0.310 e. The number of hydrogen-bond acceptors (Lipinski definition) is 2. The molecule has 21 heavy (non-hydrogen) atoms. The summed E-state index contributed by atoms with van der Waals surface area (Å²) in [5, 5.41) is 13.1. The fourth-order valence-corrected chi connectivity index (χ4v) is 2.96. The predicted molar refractivity (Wildman–Crippen MR) is 94.0 cm³/mol. The standard InChI is InChI=1S/C16H15ClINO2/c1-10(16(20)21)12-4-2-11(3-5-12)9-19-15-7-6-13(17)8-14(15)18/h2-8,10,19H,9H2,1H3,(H,20,21). The van der Waals surface area contributed by atoms with Crippen molar-refractivity contribution in [3.8, 4) is 0 Å². The van der Waals surface area contributed by atoms with Crippen LogP contribution in [0.25, 0.3) is 0 Å². The smallest absolute Gasteiger partial charge is 0.310 e. The summed E-state index contributed by atoms with van der Waals surface area (Å²) in [6.45, 7) is 2.37. The highest BCUT2D eigenvalue weighted by Crippen LogP contribution is 2.23. The zero-order valence-electron chi connectivity index (χ0n) is 11.4. The molecule has 0 aliphatic heterocycles. The molecule has 0 heterocycles. The number of hydrogen-bond donors (Lipinski definition) is 2. The van der Waals surface area contributed by atoms with Crippen LogP contribution >= 0.6 is 34.2 Å². The van der Waals surface area contributed by atoms with Crippen molar-refractivity contribution in [2.45, 2.75) is 19.4 Å². The maximum absolute atomic E-state index is 10.9. The highest BCUT2D eigenvalue weighted by molar-refractivity contribution is 14.1. The number of rotatable bonds is 5. The van der Waals surface area contributed by atoms with E-state index in [1.54, 1.807) is 6.92 Å². The second-order valence-corrected chi connectivity index (χ2v) is 6.38. The SMILES string of the molecule is CC(C(=O)O)c1ccc(CNc2ccc(Cl)cc2I)cc1. The van der Waals surface area contributed by atoms with Gasteiger partial charge in [0, 0.05) is 20.8 Å². The Hall–Kier alpha value is -1.27. The fraction of sp³-hybridized carbons (Fsp3) is 0.188. The Balaban J connectivity index is 2.02. The van der Waals surface area contributed by atoms with Crippen molar-refractivity contribution in [1.82, 2.24) is 0 Å². The lowest BCUT2D eigenvalue weighted by Gasteiger charge is -2.11. The Morgan fingerprint density at radius 3 is 2.52 bits per heavy atom. The molecule has 5 heteroatoms. The quantitative estimate of drug-likeness (QED) is 0.693. The first kappa shape index (κ1) is 16.1. The molecule has 0 amide bonds. The molecule has 0 saturated heterocycles. The van der Waals surface area contributed by atoms with Crippen molar-refractivity contribution < 1.29 is 9.90 Å². The molecule has 0 saturated carbocycles. The largest absolute Gasteiger partial charge is 0.481 e. The van der Waals surface area contributed by atoms with Gasteiger partial charge in [0.1, 0.15) is 0 Å². The molecule has 0 fully saturated rings. The molecule has 2 N–H and O–H groups in total. The number of anilines is 1. The van der Waals surface area contributed by atoms with Gasteiger partial charge in [-0.05, 0) is 58.8 Å². The number of benzene rings is 2. The Morgan fingerprint density at radius 1 is 1.29 bits per heavy atom. The number of halogens is 2. The number of carbonyl (C=O) groups is 1. The van der Waals surface area contributed by atoms with Gasteiger partial charge in [0.25, 0.3) is 0 Å². The van der Waals surface area contributed by atoms with Gasteiger partial charge in [0.05, 0.1) is 5.92 Å². The van der Waals surface area contributed by atoms with Gasteiger partial charge in [0.15, 0.2) is 0 Å². The molecule has 2 rings (SSSR count). The molecule has 1 unspecified atom stereocenters. The third kappa shape index (κ3) is 4.35. The number of carboxylic acid groups (broad SMARTS) is 1. The molecule has 0 aromatic heterocycles. The Morgan fingerprint density at radius 2 is 1.95 bits per heavy atom. The van der Waals surface area contributed by atoms with Crippen LogP contribution in [-0.2, 0) is 11.3 Å². The van der Waals surface area contributed by atoms with Crippen molar-refractivity contribution in [3.63, 3.8) is 0 Å². The summed E-state index contributed by atoms with van der Waals surface area (Å²) in [6.07, 6.45) is 0. The summed E-state index contributed by atoms with van der Waals surface area (Å²) in [5.74, 6) is -1.29. The van der Waals surface area contributed by atoms with E-state index in [1.165, 1.54) is 0 Å². The minimum Gasteiger partial charge on any atom is -0.481 e. The molecule has 0 aliphatic rings. The molecule has 110 valence electrons. The zero-order valence-corrected chi connectivity index (χ0v) is 14.4. The highest BCUT2D eigenvalue weighted by Gasteiger charge is 2.12. The van der Waals surface area contributed by atoms with Crippen molar-refractivity contribution in [2.24, 2.45) is 0 Å². The van der Waals surface area contributed by atoms with E-state index in [-0.39, 0.29) is 0 Å². The van der Waals surface area contributed by atoms with Crippen LogP contribution in [0.3, 0.4) is 0 Å². The molecular weight excluding hydrogens is 401 g/mol. The average Bonchev–Trinajstić information content (AvgIpc) is 2.46. The molecule has 3 nitrogen and oxygen atoms in total. The summed E-state index contributed by atoms with van der Waals surface area (Å²) in [6, 6.07) is 13.3. The van der Waals surface area contributed by atoms with Crippen LogP contribution in [-0.4, -0.2) is 11.1 Å². The lowest BCUT2D eigenvalue weighted by molar-refractivity contribution is -0.138. The minimum absolute atomic E-state index is 0.482. The van der Waals surface area contributed by atoms with Crippen LogP contribution in [0.4, 0.5) is 5.69 Å². The minimum atomic E-state index is -0.809. The van der Waals surface area contributed by atoms with Gasteiger partial charge in [-0.2, -0.15) is 0 Å². The summed E-state index contributed by atoms with van der Waals surface area (Å²) in [4.78, 5) is 10.9. The van der Waals surface area contributed by atoms with E-state index < -0.39 is 11.9 Å². The predicted octanol–water partition coefficient (Wildman–Crippen LogP) is 4.74. The van der Waals surface area contributed by atoms with Crippen LogP contribution in [0.15, 0.2) is 42.5 Å². The molecular formula is C16H15ClINO2. The van der Waals surface area contributed by atoms with Crippen LogP contribution in [0.2, 0.25) is 5.02 Å². The fourth-order valence-electron chi connectivity index (χ4n) is 1.90. The van der Waals surface area contributed by atoms with Gasteiger partial charge >= 0.3 is 5.97 Å². The lowest BCUT2D eigenvalue weighted by atomic mass is 10.00. The van der Waals surface area contributed by atoms with Crippen molar-refractivity contribution in [3.05, 3.63) is 62.2 Å². The van der Waals surface area contributed by atoms with Gasteiger partial charge in [-0.15, -0.1) is 0 Å². The number of carboxylic acids is 1. The maximum atomic E-state index is 10.9. The molecule has 0 aliphatic carbocycles. The van der Waals surface area contributed by atoms with E-state index in [2.05, 4.69) is 27.9 Å². The second-order valence-electron chi connectivity index (χ2n) is 4.78. The number of aliphatic carboxylic acids is 1. The zero-order chi connectivity index (χ0) is 15.4. The first-order chi connectivity index (χ1) is 9.97. The molecule has 0 radical (unpaired) electrons. The molecule has 2 aromatic rings. The molecule has 2 aromatic carbocycles. The molecule has 0 bridgehead atoms. The summed E-state index contributed by atoms with van der Waals surface area (Å²) < 4.78 is 1.07. The van der Waals surface area contributed by atoms with E-state index in [4.69, 9.17) is 16.7 Å². The van der Waals surface area contributed by atoms with E-state index >= 15 is 0 Å². The first-order valence-electron chi connectivity index (χ1n) is 6.48. The van der Waals surface area contributed by atoms with Crippen molar-refractivity contribution in [2.75, 3.05) is 5.32 Å². The van der Waals surface area contributed by atoms with Gasteiger partial charge in [-0.1, -0.05) is 35.9 Å². The average molecular weight is 416 g/mol. The van der Waals surface area contributed by atoms with E-state index in [9.17, 15) is 4.79 Å². The van der Waals surface area contributed by atoms with Gasteiger partial charge in [0.2, 0.25) is 0 Å². The topological polar surface area (TPSA) is 49.3 Å². The summed E-state index contributed by atoms with van der Waals surface area (Å²) >= 11 is 8.16. The second kappa shape index (κ2) is 7.13. The van der Waals surface area contributed by atoms with Crippen molar-refractivity contribution >= 4 is 45.8 Å². The third-order valence-electron chi connectivity index (χ3n) is 3.26. The summed E-state index contributed by atoms with van der Waals surface area (Å²) in [7, 11) is 0. The van der Waals surface area contributed by atoms with Gasteiger partial charge in [-0.25, -0.2) is 0 Å².